The molecule has 2 saturated heterocycles. The Morgan fingerprint density at radius 2 is 1.91 bits per heavy atom. The van der Waals surface area contributed by atoms with E-state index in [-0.39, 0.29) is 30.7 Å². The predicted octanol–water partition coefficient (Wildman–Crippen LogP) is 2.11. The van der Waals surface area contributed by atoms with Gasteiger partial charge in [-0.05, 0) is 69.5 Å². The third-order valence-corrected chi connectivity index (χ3v) is 6.35. The molecule has 9 heteroatoms. The largest absolute Gasteiger partial charge is 0.497 e. The highest BCUT2D eigenvalue weighted by Crippen LogP contribution is 2.22. The molecule has 1 aromatic rings. The number of ether oxygens (including phenoxy) is 2. The second-order valence-corrected chi connectivity index (χ2v) is 8.78. The van der Waals surface area contributed by atoms with Crippen molar-refractivity contribution >= 4 is 17.6 Å². The van der Waals surface area contributed by atoms with Gasteiger partial charge in [0, 0.05) is 25.2 Å². The van der Waals surface area contributed by atoms with Gasteiger partial charge in [0.05, 0.1) is 25.9 Å². The van der Waals surface area contributed by atoms with Crippen LogP contribution in [-0.4, -0.2) is 80.1 Å². The van der Waals surface area contributed by atoms with Gasteiger partial charge in [-0.15, -0.1) is 0 Å². The lowest BCUT2D eigenvalue weighted by Gasteiger charge is -2.36. The molecule has 2 fully saturated rings. The average Bonchev–Trinajstić information content (AvgIpc) is 2.84. The average molecular weight is 463 g/mol. The van der Waals surface area contributed by atoms with Crippen molar-refractivity contribution in [3.05, 3.63) is 24.3 Å². The molecule has 2 aliphatic rings. The summed E-state index contributed by atoms with van der Waals surface area (Å²) in [6.45, 7) is 3.40. The third kappa shape index (κ3) is 8.49. The normalized spacial score (nSPS) is 23.5. The lowest BCUT2D eigenvalue weighted by Crippen LogP contribution is -2.52. The number of aliphatic hydroxyl groups excluding tert-OH is 1. The van der Waals surface area contributed by atoms with E-state index in [1.165, 1.54) is 19.3 Å². The first kappa shape index (κ1) is 25.3. The summed E-state index contributed by atoms with van der Waals surface area (Å²) >= 11 is 0. The molecule has 9 nitrogen and oxygen atoms in total. The van der Waals surface area contributed by atoms with Gasteiger partial charge in [0.25, 0.3) is 0 Å². The Morgan fingerprint density at radius 3 is 2.61 bits per heavy atom. The Balaban J connectivity index is 1.33. The topological polar surface area (TPSA) is 112 Å². The Bertz CT molecular complexity index is 739. The van der Waals surface area contributed by atoms with Crippen molar-refractivity contribution < 1.29 is 24.2 Å². The molecule has 0 spiro atoms. The van der Waals surface area contributed by atoms with Gasteiger partial charge < -0.3 is 35.4 Å². The van der Waals surface area contributed by atoms with Gasteiger partial charge in [0.2, 0.25) is 5.91 Å². The maximum atomic E-state index is 12.4. The number of anilines is 1. The minimum atomic E-state index is -0.472. The van der Waals surface area contributed by atoms with Gasteiger partial charge in [0.15, 0.2) is 0 Å². The number of urea groups is 1. The number of likely N-dealkylation sites (tertiary alicyclic amines) is 1. The molecule has 184 valence electrons. The SMILES string of the molecule is COc1ccc(NC(=O)N[C@H]2CC[C@H](CCNC(=O)CCN3CCCCC3)O[C@H]2CO)cc1. The van der Waals surface area contributed by atoms with Crippen molar-refractivity contribution in [3.63, 3.8) is 0 Å². The fourth-order valence-corrected chi connectivity index (χ4v) is 4.42. The van der Waals surface area contributed by atoms with Gasteiger partial charge in [-0.25, -0.2) is 4.79 Å². The van der Waals surface area contributed by atoms with E-state index in [2.05, 4.69) is 20.9 Å². The third-order valence-electron chi connectivity index (χ3n) is 6.35. The standard InChI is InChI=1S/C24H38N4O5/c1-32-19-7-5-18(6-8-19)26-24(31)27-21-10-9-20(33-22(21)17-29)11-13-25-23(30)12-16-28-14-3-2-4-15-28/h5-8,20-22,29H,2-4,9-17H2,1H3,(H,25,30)(H2,26,27,31)/t20-,21+,22+/m1/s1. The molecule has 3 atom stereocenters. The Labute approximate surface area is 196 Å². The van der Waals surface area contributed by atoms with Gasteiger partial charge in [-0.1, -0.05) is 6.42 Å². The lowest BCUT2D eigenvalue weighted by atomic mass is 9.97. The summed E-state index contributed by atoms with van der Waals surface area (Å²) in [5.41, 5.74) is 0.652. The van der Waals surface area contributed by atoms with Crippen LogP contribution in [0.25, 0.3) is 0 Å². The Morgan fingerprint density at radius 1 is 1.15 bits per heavy atom. The number of carbonyl (C=O) groups is 2. The molecule has 0 aliphatic carbocycles. The van der Waals surface area contributed by atoms with Gasteiger partial charge in [0.1, 0.15) is 11.9 Å². The van der Waals surface area contributed by atoms with Crippen molar-refractivity contribution in [2.45, 2.75) is 63.2 Å². The number of carbonyl (C=O) groups excluding carboxylic acids is 2. The van der Waals surface area contributed by atoms with Crippen LogP contribution in [0.1, 0.15) is 44.9 Å². The van der Waals surface area contributed by atoms with E-state index in [0.717, 1.165) is 26.1 Å². The summed E-state index contributed by atoms with van der Waals surface area (Å²) in [5.74, 6) is 0.788. The van der Waals surface area contributed by atoms with Crippen LogP contribution >= 0.6 is 0 Å². The minimum absolute atomic E-state index is 0.0488. The molecule has 0 saturated carbocycles. The molecular formula is C24H38N4O5. The number of hydrogen-bond donors (Lipinski definition) is 4. The summed E-state index contributed by atoms with van der Waals surface area (Å²) in [6, 6.07) is 6.45. The molecule has 0 unspecified atom stereocenters. The van der Waals surface area contributed by atoms with E-state index >= 15 is 0 Å². The number of rotatable bonds is 10. The van der Waals surface area contributed by atoms with Crippen molar-refractivity contribution in [3.8, 4) is 5.75 Å². The van der Waals surface area contributed by atoms with Crippen LogP contribution in [0.4, 0.5) is 10.5 Å². The van der Waals surface area contributed by atoms with Crippen LogP contribution in [0.2, 0.25) is 0 Å². The molecule has 2 heterocycles. The molecule has 4 N–H and O–H groups in total. The highest BCUT2D eigenvalue weighted by atomic mass is 16.5. The first-order chi connectivity index (χ1) is 16.1. The second-order valence-electron chi connectivity index (χ2n) is 8.78. The van der Waals surface area contributed by atoms with E-state index < -0.39 is 6.10 Å². The lowest BCUT2D eigenvalue weighted by molar-refractivity contribution is -0.122. The van der Waals surface area contributed by atoms with Crippen LogP contribution in [0, 0.1) is 0 Å². The summed E-state index contributed by atoms with van der Waals surface area (Å²) < 4.78 is 11.1. The monoisotopic (exact) mass is 462 g/mol. The number of nitrogens with zero attached hydrogens (tertiary/aromatic N) is 1. The van der Waals surface area contributed by atoms with Crippen LogP contribution in [0.5, 0.6) is 5.75 Å². The number of aliphatic hydroxyl groups is 1. The predicted molar refractivity (Wildman–Crippen MR) is 126 cm³/mol. The smallest absolute Gasteiger partial charge is 0.319 e. The number of benzene rings is 1. The second kappa shape index (κ2) is 13.4. The number of nitrogens with one attached hydrogen (secondary N) is 3. The Kier molecular flexibility index (Phi) is 10.2. The zero-order chi connectivity index (χ0) is 23.5. The summed E-state index contributed by atoms with van der Waals surface area (Å²) in [6.07, 6.45) is 5.91. The highest BCUT2D eigenvalue weighted by Gasteiger charge is 2.31. The van der Waals surface area contributed by atoms with E-state index in [0.29, 0.717) is 37.2 Å². The number of amides is 3. The van der Waals surface area contributed by atoms with E-state index in [4.69, 9.17) is 9.47 Å². The number of hydrogen-bond acceptors (Lipinski definition) is 6. The molecular weight excluding hydrogens is 424 g/mol. The first-order valence-electron chi connectivity index (χ1n) is 12.0. The van der Waals surface area contributed by atoms with Crippen LogP contribution < -0.4 is 20.7 Å². The maximum absolute atomic E-state index is 12.4. The highest BCUT2D eigenvalue weighted by molar-refractivity contribution is 5.89. The molecule has 33 heavy (non-hydrogen) atoms. The van der Waals surface area contributed by atoms with Crippen molar-refractivity contribution in [2.24, 2.45) is 0 Å². The fourth-order valence-electron chi connectivity index (χ4n) is 4.42. The molecule has 0 bridgehead atoms. The molecule has 3 amide bonds. The quantitative estimate of drug-likeness (QED) is 0.424. The van der Waals surface area contributed by atoms with Crippen LogP contribution in [0.3, 0.4) is 0 Å². The molecule has 1 aromatic carbocycles. The van der Waals surface area contributed by atoms with Crippen molar-refractivity contribution in [2.75, 3.05) is 45.2 Å². The molecule has 2 aliphatic heterocycles. The first-order valence-corrected chi connectivity index (χ1v) is 12.0. The van der Waals surface area contributed by atoms with Gasteiger partial charge >= 0.3 is 6.03 Å². The molecule has 0 aromatic heterocycles. The van der Waals surface area contributed by atoms with E-state index in [1.54, 1.807) is 31.4 Å². The van der Waals surface area contributed by atoms with Gasteiger partial charge in [-0.3, -0.25) is 4.79 Å². The van der Waals surface area contributed by atoms with Crippen LogP contribution in [0.15, 0.2) is 24.3 Å². The molecule has 0 radical (unpaired) electrons. The number of methoxy groups -OCH3 is 1. The fraction of sp³-hybridized carbons (Fsp3) is 0.667. The van der Waals surface area contributed by atoms with E-state index in [1.807, 2.05) is 0 Å². The number of piperidine rings is 1. The summed E-state index contributed by atoms with van der Waals surface area (Å²) in [4.78, 5) is 26.8. The minimum Gasteiger partial charge on any atom is -0.497 e. The van der Waals surface area contributed by atoms with Gasteiger partial charge in [-0.2, -0.15) is 0 Å². The maximum Gasteiger partial charge on any atom is 0.319 e. The summed E-state index contributed by atoms with van der Waals surface area (Å²) in [5, 5.41) is 18.4. The van der Waals surface area contributed by atoms with E-state index in [9.17, 15) is 14.7 Å². The van der Waals surface area contributed by atoms with Crippen molar-refractivity contribution in [1.82, 2.24) is 15.5 Å². The zero-order valence-electron chi connectivity index (χ0n) is 19.6. The zero-order valence-corrected chi connectivity index (χ0v) is 19.6. The summed E-state index contributed by atoms with van der Waals surface area (Å²) in [7, 11) is 1.59. The van der Waals surface area contributed by atoms with Crippen molar-refractivity contribution in [1.29, 1.82) is 0 Å². The Hall–Kier alpha value is -2.36. The van der Waals surface area contributed by atoms with Crippen LogP contribution in [-0.2, 0) is 9.53 Å². The molecule has 3 rings (SSSR count).